The summed E-state index contributed by atoms with van der Waals surface area (Å²) in [6.07, 6.45) is 0.615. The summed E-state index contributed by atoms with van der Waals surface area (Å²) in [6.45, 7) is 3.35. The van der Waals surface area contributed by atoms with Gasteiger partial charge >= 0.3 is 0 Å². The fourth-order valence-electron chi connectivity index (χ4n) is 3.52. The summed E-state index contributed by atoms with van der Waals surface area (Å²) in [4.78, 5) is 17.9. The predicted molar refractivity (Wildman–Crippen MR) is 107 cm³/mol. The third kappa shape index (κ3) is 3.79. The Kier molecular flexibility index (Phi) is 4.93. The molecule has 0 aliphatic carbocycles. The first-order valence-electron chi connectivity index (χ1n) is 9.15. The Hall–Kier alpha value is -3.04. The van der Waals surface area contributed by atoms with Gasteiger partial charge in [-0.05, 0) is 49.2 Å². The van der Waals surface area contributed by atoms with Crippen molar-refractivity contribution in [1.82, 2.24) is 14.9 Å². The van der Waals surface area contributed by atoms with Crippen LogP contribution in [0.4, 0.5) is 5.69 Å². The minimum atomic E-state index is -3.77. The van der Waals surface area contributed by atoms with E-state index in [9.17, 15) is 13.2 Å². The molecule has 1 aliphatic heterocycles. The molecule has 1 aromatic heterocycles. The number of hydrogen-bond acceptors (Lipinski definition) is 6. The number of fused-ring (bicyclic) bond motifs is 1. The van der Waals surface area contributed by atoms with Crippen molar-refractivity contribution in [2.24, 2.45) is 0 Å². The average Bonchev–Trinajstić information content (AvgIpc) is 3.30. The van der Waals surface area contributed by atoms with Gasteiger partial charge in [-0.3, -0.25) is 4.79 Å². The molecule has 29 heavy (non-hydrogen) atoms. The molecule has 0 saturated carbocycles. The Morgan fingerprint density at radius 3 is 2.72 bits per heavy atom. The van der Waals surface area contributed by atoms with Gasteiger partial charge in [0.2, 0.25) is 15.9 Å². The Morgan fingerprint density at radius 1 is 1.24 bits per heavy atom. The molecule has 9 heteroatoms. The molecule has 1 N–H and O–H groups in total. The van der Waals surface area contributed by atoms with Crippen molar-refractivity contribution in [3.05, 3.63) is 59.9 Å². The van der Waals surface area contributed by atoms with Crippen molar-refractivity contribution in [3.63, 3.8) is 0 Å². The molecule has 0 fully saturated rings. The highest BCUT2D eigenvalue weighted by molar-refractivity contribution is 7.89. The van der Waals surface area contributed by atoms with Crippen LogP contribution in [0.25, 0.3) is 11.5 Å². The van der Waals surface area contributed by atoms with Crippen LogP contribution in [0.1, 0.15) is 25.2 Å². The van der Waals surface area contributed by atoms with E-state index in [1.807, 2.05) is 37.3 Å². The smallest absolute Gasteiger partial charge is 0.257 e. The second-order valence-corrected chi connectivity index (χ2v) is 8.71. The second-order valence-electron chi connectivity index (χ2n) is 6.94. The molecule has 2 heterocycles. The van der Waals surface area contributed by atoms with Gasteiger partial charge in [-0.2, -0.15) is 4.98 Å². The number of aromatic nitrogens is 2. The molecular formula is C20H20N4O4S. The molecule has 150 valence electrons. The van der Waals surface area contributed by atoms with E-state index >= 15 is 0 Å². The number of hydrogen-bond donors (Lipinski definition) is 1. The molecule has 0 bridgehead atoms. The highest BCUT2D eigenvalue weighted by atomic mass is 32.2. The number of nitrogens with zero attached hydrogens (tertiary/aromatic N) is 3. The van der Waals surface area contributed by atoms with Crippen LogP contribution in [-0.4, -0.2) is 30.5 Å². The molecule has 0 spiro atoms. The molecular weight excluding hydrogens is 392 g/mol. The molecule has 4 rings (SSSR count). The Balaban J connectivity index is 1.50. The maximum Gasteiger partial charge on any atom is 0.257 e. The topological polar surface area (TPSA) is 105 Å². The van der Waals surface area contributed by atoms with Crippen molar-refractivity contribution in [3.8, 4) is 11.5 Å². The molecule has 0 radical (unpaired) electrons. The predicted octanol–water partition coefficient (Wildman–Crippen LogP) is 2.51. The fraction of sp³-hybridized carbons (Fsp3) is 0.250. The summed E-state index contributed by atoms with van der Waals surface area (Å²) in [5.74, 6) is 0.511. The zero-order valence-corrected chi connectivity index (χ0v) is 16.8. The van der Waals surface area contributed by atoms with Crippen molar-refractivity contribution in [2.75, 3.05) is 4.90 Å². The first-order valence-corrected chi connectivity index (χ1v) is 10.6. The van der Waals surface area contributed by atoms with Gasteiger partial charge in [-0.15, -0.1) is 0 Å². The molecule has 1 atom stereocenters. The average molecular weight is 412 g/mol. The lowest BCUT2D eigenvalue weighted by Crippen LogP contribution is -2.33. The molecule has 0 saturated heterocycles. The van der Waals surface area contributed by atoms with Crippen molar-refractivity contribution >= 4 is 21.6 Å². The molecule has 8 nitrogen and oxygen atoms in total. The molecule has 1 aliphatic rings. The summed E-state index contributed by atoms with van der Waals surface area (Å²) in [5.41, 5.74) is 2.35. The van der Waals surface area contributed by atoms with Gasteiger partial charge in [0.15, 0.2) is 5.82 Å². The number of rotatable bonds is 5. The van der Waals surface area contributed by atoms with Gasteiger partial charge in [0, 0.05) is 24.2 Å². The number of benzene rings is 2. The van der Waals surface area contributed by atoms with E-state index in [4.69, 9.17) is 4.52 Å². The van der Waals surface area contributed by atoms with Crippen molar-refractivity contribution in [1.29, 1.82) is 0 Å². The largest absolute Gasteiger partial charge is 0.334 e. The normalized spacial score (nSPS) is 16.1. The number of amides is 1. The van der Waals surface area contributed by atoms with Crippen LogP contribution in [-0.2, 0) is 27.8 Å². The third-order valence-electron chi connectivity index (χ3n) is 4.83. The van der Waals surface area contributed by atoms with Crippen LogP contribution >= 0.6 is 0 Å². The van der Waals surface area contributed by atoms with Crippen LogP contribution in [0, 0.1) is 0 Å². The van der Waals surface area contributed by atoms with Gasteiger partial charge in [-0.25, -0.2) is 13.1 Å². The highest BCUT2D eigenvalue weighted by Crippen LogP contribution is 2.33. The van der Waals surface area contributed by atoms with Gasteiger partial charge in [0.05, 0.1) is 11.4 Å². The van der Waals surface area contributed by atoms with E-state index in [-0.39, 0.29) is 29.2 Å². The monoisotopic (exact) mass is 412 g/mol. The van der Waals surface area contributed by atoms with Crippen LogP contribution in [0.5, 0.6) is 0 Å². The Morgan fingerprint density at radius 2 is 2.00 bits per heavy atom. The van der Waals surface area contributed by atoms with Gasteiger partial charge < -0.3 is 9.42 Å². The number of carbonyl (C=O) groups is 1. The second kappa shape index (κ2) is 7.41. The maximum atomic E-state index is 12.7. The summed E-state index contributed by atoms with van der Waals surface area (Å²) < 4.78 is 33.1. The molecule has 3 aromatic rings. The lowest BCUT2D eigenvalue weighted by Gasteiger charge is -2.20. The van der Waals surface area contributed by atoms with Crippen LogP contribution in [0.3, 0.4) is 0 Å². The van der Waals surface area contributed by atoms with E-state index in [0.29, 0.717) is 12.3 Å². The Bertz CT molecular complexity index is 1160. The number of anilines is 1. The molecule has 0 unspecified atom stereocenters. The lowest BCUT2D eigenvalue weighted by atomic mass is 10.1. The van der Waals surface area contributed by atoms with Gasteiger partial charge in [0.25, 0.3) is 5.89 Å². The van der Waals surface area contributed by atoms with E-state index in [1.54, 1.807) is 17.0 Å². The lowest BCUT2D eigenvalue weighted by molar-refractivity contribution is -0.116. The summed E-state index contributed by atoms with van der Waals surface area (Å²) in [5, 5.41) is 3.83. The minimum Gasteiger partial charge on any atom is -0.334 e. The minimum absolute atomic E-state index is 0.00384. The highest BCUT2D eigenvalue weighted by Gasteiger charge is 2.30. The summed E-state index contributed by atoms with van der Waals surface area (Å²) in [7, 11) is -3.77. The van der Waals surface area contributed by atoms with Crippen LogP contribution in [0.15, 0.2) is 57.9 Å². The van der Waals surface area contributed by atoms with E-state index in [1.165, 1.54) is 13.0 Å². The van der Waals surface area contributed by atoms with E-state index < -0.39 is 10.0 Å². The quantitative estimate of drug-likeness (QED) is 0.690. The molecule has 2 aromatic carbocycles. The SMILES string of the molecule is CC(=O)N1c2ccc(S(=O)(=O)NCc3noc(-c4ccccc4)n3)cc2C[C@@H]1C. The van der Waals surface area contributed by atoms with Gasteiger partial charge in [0.1, 0.15) is 0 Å². The zero-order valence-electron chi connectivity index (χ0n) is 16.0. The first kappa shape index (κ1) is 19.3. The van der Waals surface area contributed by atoms with E-state index in [0.717, 1.165) is 16.8 Å². The summed E-state index contributed by atoms with van der Waals surface area (Å²) >= 11 is 0. The van der Waals surface area contributed by atoms with Crippen LogP contribution < -0.4 is 9.62 Å². The first-order chi connectivity index (χ1) is 13.8. The Labute approximate surface area is 168 Å². The summed E-state index contributed by atoms with van der Waals surface area (Å²) in [6, 6.07) is 14.0. The van der Waals surface area contributed by atoms with Crippen molar-refractivity contribution in [2.45, 2.75) is 37.8 Å². The number of sulfonamides is 1. The maximum absolute atomic E-state index is 12.7. The fourth-order valence-corrected chi connectivity index (χ4v) is 4.55. The van der Waals surface area contributed by atoms with E-state index in [2.05, 4.69) is 14.9 Å². The van der Waals surface area contributed by atoms with Crippen LogP contribution in [0.2, 0.25) is 0 Å². The number of nitrogens with one attached hydrogen (secondary N) is 1. The zero-order chi connectivity index (χ0) is 20.6. The van der Waals surface area contributed by atoms with Crippen molar-refractivity contribution < 1.29 is 17.7 Å². The molecule has 1 amide bonds. The number of carbonyl (C=O) groups excluding carboxylic acids is 1. The standard InChI is InChI=1S/C20H20N4O4S/c1-13-10-16-11-17(8-9-18(16)24(13)14(2)25)29(26,27)21-12-19-22-20(28-23-19)15-6-4-3-5-7-15/h3-9,11,13,21H,10,12H2,1-2H3/t13-/m0/s1. The third-order valence-corrected chi connectivity index (χ3v) is 6.22. The van der Waals surface area contributed by atoms with Gasteiger partial charge in [-0.1, -0.05) is 23.4 Å².